The van der Waals surface area contributed by atoms with Crippen LogP contribution in [0.25, 0.3) is 0 Å². The number of carbonyl (C=O) groups is 1. The van der Waals surface area contributed by atoms with Gasteiger partial charge in [-0.3, -0.25) is 4.79 Å². The molecule has 0 saturated heterocycles. The van der Waals surface area contributed by atoms with Crippen LogP contribution in [-0.4, -0.2) is 26.7 Å². The topological polar surface area (TPSA) is 56.8 Å². The number of nitrogens with one attached hydrogen (secondary N) is 1. The van der Waals surface area contributed by atoms with E-state index < -0.39 is 0 Å². The molecule has 0 aliphatic carbocycles. The van der Waals surface area contributed by atoms with Crippen molar-refractivity contribution in [2.75, 3.05) is 26.1 Å². The molecule has 0 aliphatic heterocycles. The van der Waals surface area contributed by atoms with Crippen LogP contribution in [0.4, 0.5) is 5.69 Å². The molecule has 0 saturated carbocycles. The molecule has 0 heterocycles. The first kappa shape index (κ1) is 17.0. The number of rotatable bonds is 6. The number of halogens is 1. The van der Waals surface area contributed by atoms with Crippen molar-refractivity contribution in [3.63, 3.8) is 0 Å². The molecular formula is C17H18ClNO4. The largest absolute Gasteiger partial charge is 0.494 e. The van der Waals surface area contributed by atoms with E-state index in [-0.39, 0.29) is 5.91 Å². The summed E-state index contributed by atoms with van der Waals surface area (Å²) in [5.41, 5.74) is 1.03. The molecule has 0 fully saturated rings. The Morgan fingerprint density at radius 3 is 2.39 bits per heavy atom. The molecule has 0 atom stereocenters. The van der Waals surface area contributed by atoms with E-state index in [1.54, 1.807) is 30.3 Å². The van der Waals surface area contributed by atoms with Gasteiger partial charge in [-0.15, -0.1) is 0 Å². The molecule has 2 aromatic carbocycles. The lowest BCUT2D eigenvalue weighted by Crippen LogP contribution is -2.12. The highest BCUT2D eigenvalue weighted by Gasteiger charge is 2.15. The van der Waals surface area contributed by atoms with Gasteiger partial charge in [-0.2, -0.15) is 0 Å². The van der Waals surface area contributed by atoms with Crippen LogP contribution in [0.3, 0.4) is 0 Å². The summed E-state index contributed by atoms with van der Waals surface area (Å²) < 4.78 is 15.7. The van der Waals surface area contributed by atoms with Crippen LogP contribution in [0.15, 0.2) is 36.4 Å². The molecule has 0 bridgehead atoms. The van der Waals surface area contributed by atoms with Gasteiger partial charge in [0.05, 0.1) is 25.8 Å². The van der Waals surface area contributed by atoms with Gasteiger partial charge in [-0.25, -0.2) is 0 Å². The van der Waals surface area contributed by atoms with E-state index in [9.17, 15) is 4.79 Å². The van der Waals surface area contributed by atoms with Crippen molar-refractivity contribution in [3.8, 4) is 17.2 Å². The first-order chi connectivity index (χ1) is 11.1. The summed E-state index contributed by atoms with van der Waals surface area (Å²) >= 11 is 6.11. The van der Waals surface area contributed by atoms with Gasteiger partial charge in [0.1, 0.15) is 5.75 Å². The van der Waals surface area contributed by atoms with E-state index >= 15 is 0 Å². The Kier molecular flexibility index (Phi) is 5.71. The number of anilines is 1. The Balaban J connectivity index is 2.18. The monoisotopic (exact) mass is 335 g/mol. The molecule has 0 spiro atoms. The molecule has 6 heteroatoms. The quantitative estimate of drug-likeness (QED) is 0.866. The molecule has 0 aliphatic rings. The average Bonchev–Trinajstić information content (AvgIpc) is 2.56. The van der Waals surface area contributed by atoms with Gasteiger partial charge >= 0.3 is 0 Å². The predicted octanol–water partition coefficient (Wildman–Crippen LogP) is 4.01. The lowest BCUT2D eigenvalue weighted by molar-refractivity contribution is 0.102. The third-order valence-corrected chi connectivity index (χ3v) is 3.40. The average molecular weight is 336 g/mol. The number of carbonyl (C=O) groups excluding carboxylic acids is 1. The summed E-state index contributed by atoms with van der Waals surface area (Å²) in [5, 5.41) is 3.10. The fourth-order valence-corrected chi connectivity index (χ4v) is 2.34. The standard InChI is InChI=1S/C17H18ClNO4/c1-4-23-13-7-5-12(6-8-13)19-17(20)11-9-14(18)16(22-3)15(10-11)21-2/h5-10H,4H2,1-3H3,(H,19,20). The van der Waals surface area contributed by atoms with Crippen LogP contribution in [0.5, 0.6) is 17.2 Å². The number of ether oxygens (including phenoxy) is 3. The Morgan fingerprint density at radius 1 is 1.13 bits per heavy atom. The van der Waals surface area contributed by atoms with Gasteiger partial charge in [-0.1, -0.05) is 11.6 Å². The summed E-state index contributed by atoms with van der Waals surface area (Å²) in [6, 6.07) is 10.2. The molecule has 0 aromatic heterocycles. The van der Waals surface area contributed by atoms with E-state index in [0.717, 1.165) is 5.75 Å². The molecule has 1 N–H and O–H groups in total. The molecule has 2 aromatic rings. The summed E-state index contributed by atoms with van der Waals surface area (Å²) in [5.74, 6) is 1.25. The van der Waals surface area contributed by atoms with Gasteiger partial charge < -0.3 is 19.5 Å². The maximum atomic E-state index is 12.3. The highest BCUT2D eigenvalue weighted by molar-refractivity contribution is 6.32. The van der Waals surface area contributed by atoms with Crippen LogP contribution >= 0.6 is 11.6 Å². The second kappa shape index (κ2) is 7.74. The molecule has 2 rings (SSSR count). The normalized spacial score (nSPS) is 10.1. The first-order valence-electron chi connectivity index (χ1n) is 7.04. The van der Waals surface area contributed by atoms with Crippen molar-refractivity contribution in [1.29, 1.82) is 0 Å². The van der Waals surface area contributed by atoms with Crippen molar-refractivity contribution < 1.29 is 19.0 Å². The Hall–Kier alpha value is -2.40. The van der Waals surface area contributed by atoms with Crippen molar-refractivity contribution >= 4 is 23.2 Å². The molecule has 23 heavy (non-hydrogen) atoms. The first-order valence-corrected chi connectivity index (χ1v) is 7.42. The lowest BCUT2D eigenvalue weighted by atomic mass is 10.1. The predicted molar refractivity (Wildman–Crippen MR) is 90.1 cm³/mol. The molecule has 122 valence electrons. The van der Waals surface area contributed by atoms with Gasteiger partial charge in [0, 0.05) is 11.3 Å². The molecular weight excluding hydrogens is 318 g/mol. The minimum absolute atomic E-state index is 0.294. The molecule has 0 unspecified atom stereocenters. The van der Waals surface area contributed by atoms with E-state index in [2.05, 4.69) is 5.32 Å². The Labute approximate surface area is 140 Å². The van der Waals surface area contributed by atoms with Crippen molar-refractivity contribution in [3.05, 3.63) is 47.0 Å². The van der Waals surface area contributed by atoms with Crippen LogP contribution < -0.4 is 19.5 Å². The fraction of sp³-hybridized carbons (Fsp3) is 0.235. The number of hydrogen-bond acceptors (Lipinski definition) is 4. The van der Waals surface area contributed by atoms with Crippen molar-refractivity contribution in [1.82, 2.24) is 0 Å². The molecule has 1 amide bonds. The minimum Gasteiger partial charge on any atom is -0.494 e. The second-order valence-corrected chi connectivity index (χ2v) is 5.01. The number of hydrogen-bond donors (Lipinski definition) is 1. The molecule has 0 radical (unpaired) electrons. The van der Waals surface area contributed by atoms with E-state index in [4.69, 9.17) is 25.8 Å². The third-order valence-electron chi connectivity index (χ3n) is 3.12. The zero-order chi connectivity index (χ0) is 16.8. The number of amides is 1. The lowest BCUT2D eigenvalue weighted by Gasteiger charge is -2.12. The van der Waals surface area contributed by atoms with Crippen LogP contribution in [0.2, 0.25) is 5.02 Å². The fourth-order valence-electron chi connectivity index (χ4n) is 2.05. The Bertz CT molecular complexity index is 686. The minimum atomic E-state index is -0.294. The number of benzene rings is 2. The van der Waals surface area contributed by atoms with Crippen molar-refractivity contribution in [2.24, 2.45) is 0 Å². The summed E-state index contributed by atoms with van der Waals surface area (Å²) in [6.45, 7) is 2.51. The van der Waals surface area contributed by atoms with Gasteiger partial charge in [0.2, 0.25) is 0 Å². The Morgan fingerprint density at radius 2 is 1.83 bits per heavy atom. The van der Waals surface area contributed by atoms with Crippen LogP contribution in [0.1, 0.15) is 17.3 Å². The van der Waals surface area contributed by atoms with Crippen LogP contribution in [0, 0.1) is 0 Å². The van der Waals surface area contributed by atoms with Gasteiger partial charge in [0.25, 0.3) is 5.91 Å². The smallest absolute Gasteiger partial charge is 0.255 e. The zero-order valence-electron chi connectivity index (χ0n) is 13.2. The maximum Gasteiger partial charge on any atom is 0.255 e. The van der Waals surface area contributed by atoms with Crippen LogP contribution in [-0.2, 0) is 0 Å². The second-order valence-electron chi connectivity index (χ2n) is 4.61. The van der Waals surface area contributed by atoms with E-state index in [1.807, 2.05) is 6.92 Å². The summed E-state index contributed by atoms with van der Waals surface area (Å²) in [7, 11) is 2.98. The molecule has 5 nitrogen and oxygen atoms in total. The van der Waals surface area contributed by atoms with Crippen molar-refractivity contribution in [2.45, 2.75) is 6.92 Å². The number of methoxy groups -OCH3 is 2. The summed E-state index contributed by atoms with van der Waals surface area (Å²) in [6.07, 6.45) is 0. The maximum absolute atomic E-state index is 12.3. The van der Waals surface area contributed by atoms with Gasteiger partial charge in [-0.05, 0) is 43.3 Å². The highest BCUT2D eigenvalue weighted by atomic mass is 35.5. The summed E-state index contributed by atoms with van der Waals surface area (Å²) in [4.78, 5) is 12.3. The SMILES string of the molecule is CCOc1ccc(NC(=O)c2cc(Cl)c(OC)c(OC)c2)cc1. The third kappa shape index (κ3) is 4.07. The van der Waals surface area contributed by atoms with E-state index in [1.165, 1.54) is 20.3 Å². The van der Waals surface area contributed by atoms with E-state index in [0.29, 0.717) is 34.4 Å². The van der Waals surface area contributed by atoms with Gasteiger partial charge in [0.15, 0.2) is 11.5 Å². The highest BCUT2D eigenvalue weighted by Crippen LogP contribution is 2.36. The zero-order valence-corrected chi connectivity index (χ0v) is 13.9.